The summed E-state index contributed by atoms with van der Waals surface area (Å²) in [6.07, 6.45) is -1.57. The van der Waals surface area contributed by atoms with Crippen LogP contribution < -0.4 is 5.32 Å². The Morgan fingerprint density at radius 2 is 2.11 bits per heavy atom. The van der Waals surface area contributed by atoms with Crippen LogP contribution in [0.1, 0.15) is 12.1 Å². The van der Waals surface area contributed by atoms with Gasteiger partial charge in [-0.25, -0.2) is 4.98 Å². The predicted molar refractivity (Wildman–Crippen MR) is 95.2 cm³/mol. The number of hydrogen-bond donors (Lipinski definition) is 2. The molecule has 28 heavy (non-hydrogen) atoms. The van der Waals surface area contributed by atoms with Gasteiger partial charge in [-0.3, -0.25) is 9.89 Å². The summed E-state index contributed by atoms with van der Waals surface area (Å²) in [4.78, 5) is 16.2. The molecule has 6 nitrogen and oxygen atoms in total. The number of alkyl halides is 3. The van der Waals surface area contributed by atoms with Gasteiger partial charge in [-0.1, -0.05) is 11.6 Å². The number of nitrogens with zero attached hydrogens (tertiary/aromatic N) is 3. The zero-order valence-corrected chi connectivity index (χ0v) is 14.8. The van der Waals surface area contributed by atoms with Gasteiger partial charge in [0.2, 0.25) is 5.91 Å². The molecule has 0 saturated heterocycles. The normalized spacial score (nSPS) is 18.7. The highest BCUT2D eigenvalue weighted by atomic mass is 35.5. The number of nitriles is 1. The molecule has 1 amide bonds. The van der Waals surface area contributed by atoms with Crippen molar-refractivity contribution < 1.29 is 18.0 Å². The van der Waals surface area contributed by atoms with Crippen LogP contribution in [-0.2, 0) is 11.0 Å². The van der Waals surface area contributed by atoms with Gasteiger partial charge in [0.25, 0.3) is 0 Å². The Hall–Kier alpha value is -3.12. The van der Waals surface area contributed by atoms with Crippen molar-refractivity contribution in [3.05, 3.63) is 41.3 Å². The lowest BCUT2D eigenvalue weighted by molar-refractivity contribution is -0.140. The zero-order valence-electron chi connectivity index (χ0n) is 14.0. The molecule has 10 heteroatoms. The fourth-order valence-corrected chi connectivity index (χ4v) is 3.28. The SMILES string of the molecule is N#C[C@@H]1C[C@H]1C(=O)Nc1cc2cc(-c3cn[nH]c3C(F)(F)F)cc(Cl)c2cn1. The molecular formula is C18H11ClF3N5O. The first-order valence-electron chi connectivity index (χ1n) is 8.18. The van der Waals surface area contributed by atoms with Crippen LogP contribution in [0.4, 0.5) is 19.0 Å². The molecule has 0 aliphatic heterocycles. The Balaban J connectivity index is 1.71. The van der Waals surface area contributed by atoms with E-state index in [1.807, 2.05) is 11.2 Å². The zero-order chi connectivity index (χ0) is 20.1. The van der Waals surface area contributed by atoms with Crippen LogP contribution in [-0.4, -0.2) is 21.1 Å². The molecule has 1 saturated carbocycles. The van der Waals surface area contributed by atoms with E-state index in [0.29, 0.717) is 17.2 Å². The number of carbonyl (C=O) groups is 1. The summed E-state index contributed by atoms with van der Waals surface area (Å²) in [5, 5.41) is 18.2. The molecule has 3 aromatic rings. The molecule has 0 radical (unpaired) electrons. The quantitative estimate of drug-likeness (QED) is 0.675. The Labute approximate surface area is 161 Å². The molecule has 2 heterocycles. The van der Waals surface area contributed by atoms with Crippen molar-refractivity contribution in [3.8, 4) is 17.2 Å². The average molecular weight is 406 g/mol. The third-order valence-electron chi connectivity index (χ3n) is 4.56. The van der Waals surface area contributed by atoms with Crippen LogP contribution in [0.25, 0.3) is 21.9 Å². The van der Waals surface area contributed by atoms with Crippen LogP contribution >= 0.6 is 11.6 Å². The van der Waals surface area contributed by atoms with Crippen molar-refractivity contribution in [2.24, 2.45) is 11.8 Å². The third-order valence-corrected chi connectivity index (χ3v) is 4.88. The lowest BCUT2D eigenvalue weighted by Crippen LogP contribution is -2.15. The van der Waals surface area contributed by atoms with Gasteiger partial charge in [0, 0.05) is 17.1 Å². The number of benzene rings is 1. The van der Waals surface area contributed by atoms with E-state index in [-0.39, 0.29) is 39.7 Å². The number of pyridine rings is 1. The van der Waals surface area contributed by atoms with Crippen molar-refractivity contribution in [2.75, 3.05) is 5.32 Å². The summed E-state index contributed by atoms with van der Waals surface area (Å²) >= 11 is 6.23. The fourth-order valence-electron chi connectivity index (χ4n) is 3.00. The average Bonchev–Trinajstić information content (AvgIpc) is 3.25. The molecule has 2 aromatic heterocycles. The summed E-state index contributed by atoms with van der Waals surface area (Å²) in [6, 6.07) is 6.49. The molecule has 0 unspecified atom stereocenters. The molecule has 0 spiro atoms. The maximum atomic E-state index is 13.1. The van der Waals surface area contributed by atoms with Gasteiger partial charge in [-0.05, 0) is 35.6 Å². The molecule has 1 aliphatic carbocycles. The second kappa shape index (κ2) is 6.49. The first-order chi connectivity index (χ1) is 13.3. The lowest BCUT2D eigenvalue weighted by atomic mass is 10.0. The van der Waals surface area contributed by atoms with Crippen LogP contribution in [0.3, 0.4) is 0 Å². The van der Waals surface area contributed by atoms with Gasteiger partial charge in [-0.15, -0.1) is 0 Å². The second-order valence-electron chi connectivity index (χ2n) is 6.47. The molecular weight excluding hydrogens is 395 g/mol. The third kappa shape index (κ3) is 3.27. The molecule has 4 rings (SSSR count). The first kappa shape index (κ1) is 18.3. The van der Waals surface area contributed by atoms with Gasteiger partial charge >= 0.3 is 6.18 Å². The number of rotatable bonds is 3. The summed E-state index contributed by atoms with van der Waals surface area (Å²) < 4.78 is 39.4. The largest absolute Gasteiger partial charge is 0.433 e. The molecule has 142 valence electrons. The second-order valence-corrected chi connectivity index (χ2v) is 6.88. The standard InChI is InChI=1S/C18H11ClF3N5O/c19-14-3-8(13-7-25-27-16(13)18(20,21)22)1-9-4-15(24-6-12(9)14)26-17(28)11-2-10(11)5-23/h1,3-4,6-7,10-11H,2H2,(H,25,27)(H,24,26,28)/t10-,11+/m0/s1. The van der Waals surface area contributed by atoms with Gasteiger partial charge in [0.05, 0.1) is 29.1 Å². The summed E-state index contributed by atoms with van der Waals surface area (Å²) in [5.74, 6) is -0.728. The van der Waals surface area contributed by atoms with E-state index in [1.54, 1.807) is 0 Å². The number of aromatic amines is 1. The van der Waals surface area contributed by atoms with E-state index < -0.39 is 11.9 Å². The van der Waals surface area contributed by atoms with E-state index in [0.717, 1.165) is 6.20 Å². The van der Waals surface area contributed by atoms with Gasteiger partial charge in [-0.2, -0.15) is 23.5 Å². The predicted octanol–water partition coefficient (Wildman–Crippen LogP) is 4.40. The van der Waals surface area contributed by atoms with Crippen LogP contribution in [0, 0.1) is 23.2 Å². The van der Waals surface area contributed by atoms with Crippen molar-refractivity contribution in [1.29, 1.82) is 5.26 Å². The molecule has 2 N–H and O–H groups in total. The van der Waals surface area contributed by atoms with E-state index in [4.69, 9.17) is 16.9 Å². The van der Waals surface area contributed by atoms with Crippen molar-refractivity contribution in [2.45, 2.75) is 12.6 Å². The number of anilines is 1. The van der Waals surface area contributed by atoms with Gasteiger partial charge in [0.1, 0.15) is 11.5 Å². The lowest BCUT2D eigenvalue weighted by Gasteiger charge is -2.10. The topological polar surface area (TPSA) is 94.5 Å². The Morgan fingerprint density at radius 1 is 1.32 bits per heavy atom. The van der Waals surface area contributed by atoms with E-state index in [9.17, 15) is 18.0 Å². The molecule has 2 atom stereocenters. The highest BCUT2D eigenvalue weighted by molar-refractivity contribution is 6.36. The molecule has 1 aromatic carbocycles. The summed E-state index contributed by atoms with van der Waals surface area (Å²) in [5.41, 5.74) is -0.871. The minimum atomic E-state index is -4.59. The first-order valence-corrected chi connectivity index (χ1v) is 8.56. The Morgan fingerprint density at radius 3 is 2.79 bits per heavy atom. The minimum absolute atomic E-state index is 0.131. The maximum absolute atomic E-state index is 13.1. The molecule has 1 fully saturated rings. The van der Waals surface area contributed by atoms with Crippen molar-refractivity contribution in [1.82, 2.24) is 15.2 Å². The number of halogens is 4. The number of carbonyl (C=O) groups excluding carboxylic acids is 1. The number of hydrogen-bond acceptors (Lipinski definition) is 4. The highest BCUT2D eigenvalue weighted by Gasteiger charge is 2.43. The number of aromatic nitrogens is 3. The number of nitrogens with one attached hydrogen (secondary N) is 2. The monoisotopic (exact) mass is 405 g/mol. The number of H-pyrrole nitrogens is 1. The van der Waals surface area contributed by atoms with Crippen molar-refractivity contribution in [3.63, 3.8) is 0 Å². The molecule has 1 aliphatic rings. The fraction of sp³-hybridized carbons (Fsp3) is 0.222. The van der Waals surface area contributed by atoms with Crippen molar-refractivity contribution >= 4 is 34.1 Å². The molecule has 0 bridgehead atoms. The number of fused-ring (bicyclic) bond motifs is 1. The van der Waals surface area contributed by atoms with Crippen LogP contribution in [0.5, 0.6) is 0 Å². The Kier molecular flexibility index (Phi) is 4.23. The van der Waals surface area contributed by atoms with Gasteiger partial charge in [0.15, 0.2) is 0 Å². The van der Waals surface area contributed by atoms with E-state index in [2.05, 4.69) is 15.4 Å². The maximum Gasteiger partial charge on any atom is 0.433 e. The summed E-state index contributed by atoms with van der Waals surface area (Å²) in [6.45, 7) is 0. The van der Waals surface area contributed by atoms with E-state index in [1.165, 1.54) is 24.4 Å². The smallest absolute Gasteiger partial charge is 0.310 e. The van der Waals surface area contributed by atoms with Gasteiger partial charge < -0.3 is 5.32 Å². The van der Waals surface area contributed by atoms with E-state index >= 15 is 0 Å². The Bertz CT molecular complexity index is 1130. The summed E-state index contributed by atoms with van der Waals surface area (Å²) in [7, 11) is 0. The number of amides is 1. The van der Waals surface area contributed by atoms with Crippen LogP contribution in [0.15, 0.2) is 30.6 Å². The van der Waals surface area contributed by atoms with Crippen LogP contribution in [0.2, 0.25) is 5.02 Å². The highest BCUT2D eigenvalue weighted by Crippen LogP contribution is 2.40. The minimum Gasteiger partial charge on any atom is -0.310 e.